The molecule has 0 radical (unpaired) electrons. The SMILES string of the molecule is CCCNC(COCC)Cc1ccsc1. The lowest BCUT2D eigenvalue weighted by molar-refractivity contribution is 0.122. The van der Waals surface area contributed by atoms with Gasteiger partial charge in [0, 0.05) is 12.6 Å². The van der Waals surface area contributed by atoms with Crippen LogP contribution in [0.1, 0.15) is 25.8 Å². The van der Waals surface area contributed by atoms with E-state index in [1.807, 2.05) is 6.92 Å². The molecule has 86 valence electrons. The second-order valence-electron chi connectivity index (χ2n) is 3.65. The van der Waals surface area contributed by atoms with E-state index in [1.54, 1.807) is 11.3 Å². The largest absolute Gasteiger partial charge is 0.380 e. The predicted molar refractivity (Wildman–Crippen MR) is 66.6 cm³/mol. The molecule has 0 spiro atoms. The topological polar surface area (TPSA) is 21.3 Å². The van der Waals surface area contributed by atoms with E-state index in [1.165, 1.54) is 12.0 Å². The molecular formula is C12H21NOS. The van der Waals surface area contributed by atoms with Crippen molar-refractivity contribution in [2.75, 3.05) is 19.8 Å². The van der Waals surface area contributed by atoms with Crippen molar-refractivity contribution in [2.45, 2.75) is 32.7 Å². The normalized spacial score (nSPS) is 12.9. The highest BCUT2D eigenvalue weighted by molar-refractivity contribution is 7.07. The summed E-state index contributed by atoms with van der Waals surface area (Å²) in [5.41, 5.74) is 1.41. The van der Waals surface area contributed by atoms with Crippen molar-refractivity contribution < 1.29 is 4.74 Å². The Balaban J connectivity index is 2.33. The molecule has 0 saturated carbocycles. The first-order chi connectivity index (χ1) is 7.36. The first-order valence-corrected chi connectivity index (χ1v) is 6.63. The molecule has 3 heteroatoms. The quantitative estimate of drug-likeness (QED) is 0.737. The van der Waals surface area contributed by atoms with E-state index in [0.29, 0.717) is 6.04 Å². The lowest BCUT2D eigenvalue weighted by atomic mass is 10.1. The second-order valence-corrected chi connectivity index (χ2v) is 4.43. The van der Waals surface area contributed by atoms with Crippen LogP contribution in [-0.4, -0.2) is 25.8 Å². The molecule has 15 heavy (non-hydrogen) atoms. The van der Waals surface area contributed by atoms with Crippen LogP contribution in [0.15, 0.2) is 16.8 Å². The summed E-state index contributed by atoms with van der Waals surface area (Å²) >= 11 is 1.76. The Hall–Kier alpha value is -0.380. The molecule has 1 heterocycles. The molecule has 0 aliphatic rings. The molecule has 1 N–H and O–H groups in total. The summed E-state index contributed by atoms with van der Waals surface area (Å²) in [5.74, 6) is 0. The smallest absolute Gasteiger partial charge is 0.0622 e. The molecule has 0 fully saturated rings. The molecule has 0 amide bonds. The van der Waals surface area contributed by atoms with Crippen LogP contribution >= 0.6 is 11.3 Å². The van der Waals surface area contributed by atoms with Gasteiger partial charge in [-0.25, -0.2) is 0 Å². The van der Waals surface area contributed by atoms with Crippen molar-refractivity contribution in [1.29, 1.82) is 0 Å². The molecule has 1 rings (SSSR count). The lowest BCUT2D eigenvalue weighted by Gasteiger charge is -2.17. The van der Waals surface area contributed by atoms with Gasteiger partial charge >= 0.3 is 0 Å². The summed E-state index contributed by atoms with van der Waals surface area (Å²) in [7, 11) is 0. The monoisotopic (exact) mass is 227 g/mol. The van der Waals surface area contributed by atoms with Gasteiger partial charge in [0.15, 0.2) is 0 Å². The molecule has 1 unspecified atom stereocenters. The minimum Gasteiger partial charge on any atom is -0.380 e. The van der Waals surface area contributed by atoms with Crippen molar-refractivity contribution in [1.82, 2.24) is 5.32 Å². The summed E-state index contributed by atoms with van der Waals surface area (Å²) in [4.78, 5) is 0. The van der Waals surface area contributed by atoms with Crippen LogP contribution in [0.2, 0.25) is 0 Å². The minimum absolute atomic E-state index is 0.458. The van der Waals surface area contributed by atoms with Gasteiger partial charge in [-0.05, 0) is 48.7 Å². The molecule has 1 atom stereocenters. The van der Waals surface area contributed by atoms with Crippen molar-refractivity contribution in [3.05, 3.63) is 22.4 Å². The van der Waals surface area contributed by atoms with E-state index in [2.05, 4.69) is 29.1 Å². The van der Waals surface area contributed by atoms with Crippen LogP contribution in [0.25, 0.3) is 0 Å². The molecule has 0 aromatic carbocycles. The standard InChI is InChI=1S/C12H21NOS/c1-3-6-13-12(9-14-4-2)8-11-5-7-15-10-11/h5,7,10,12-13H,3-4,6,8-9H2,1-2H3. The number of ether oxygens (including phenoxy) is 1. The Bertz CT molecular complexity index is 228. The summed E-state index contributed by atoms with van der Waals surface area (Å²) in [6.07, 6.45) is 2.25. The third-order valence-electron chi connectivity index (χ3n) is 2.27. The third-order valence-corrected chi connectivity index (χ3v) is 3.00. The maximum atomic E-state index is 5.48. The Morgan fingerprint density at radius 1 is 1.47 bits per heavy atom. The van der Waals surface area contributed by atoms with Crippen molar-refractivity contribution in [3.63, 3.8) is 0 Å². The highest BCUT2D eigenvalue weighted by atomic mass is 32.1. The summed E-state index contributed by atoms with van der Waals surface area (Å²) in [6, 6.07) is 2.65. The maximum absolute atomic E-state index is 5.48. The van der Waals surface area contributed by atoms with Crippen LogP contribution in [0.4, 0.5) is 0 Å². The zero-order valence-corrected chi connectivity index (χ0v) is 10.5. The number of hydrogen-bond acceptors (Lipinski definition) is 3. The summed E-state index contributed by atoms with van der Waals surface area (Å²) < 4.78 is 5.48. The van der Waals surface area contributed by atoms with Gasteiger partial charge in [-0.15, -0.1) is 0 Å². The van der Waals surface area contributed by atoms with Crippen molar-refractivity contribution in [3.8, 4) is 0 Å². The third kappa shape index (κ3) is 5.30. The van der Waals surface area contributed by atoms with Gasteiger partial charge in [0.05, 0.1) is 6.61 Å². The molecule has 2 nitrogen and oxygen atoms in total. The highest BCUT2D eigenvalue weighted by Crippen LogP contribution is 2.09. The lowest BCUT2D eigenvalue weighted by Crippen LogP contribution is -2.35. The first kappa shape index (κ1) is 12.7. The Labute approximate surface area is 96.7 Å². The van der Waals surface area contributed by atoms with Gasteiger partial charge in [-0.1, -0.05) is 6.92 Å². The molecule has 1 aromatic rings. The second kappa shape index (κ2) is 7.85. The molecule has 0 aliphatic heterocycles. The van der Waals surface area contributed by atoms with Crippen molar-refractivity contribution in [2.24, 2.45) is 0 Å². The Kier molecular flexibility index (Phi) is 6.64. The van der Waals surface area contributed by atoms with Gasteiger partial charge < -0.3 is 10.1 Å². The molecule has 0 aliphatic carbocycles. The van der Waals surface area contributed by atoms with Gasteiger partial charge in [0.25, 0.3) is 0 Å². The molecule has 0 bridgehead atoms. The van der Waals surface area contributed by atoms with Gasteiger partial charge in [0.2, 0.25) is 0 Å². The number of thiophene rings is 1. The van der Waals surface area contributed by atoms with Crippen LogP contribution in [-0.2, 0) is 11.2 Å². The average Bonchev–Trinajstić information content (AvgIpc) is 2.74. The first-order valence-electron chi connectivity index (χ1n) is 5.69. The van der Waals surface area contributed by atoms with E-state index in [4.69, 9.17) is 4.74 Å². The van der Waals surface area contributed by atoms with Gasteiger partial charge in [-0.3, -0.25) is 0 Å². The predicted octanol–water partition coefficient (Wildman–Crippen LogP) is 2.70. The van der Waals surface area contributed by atoms with Crippen LogP contribution in [0.5, 0.6) is 0 Å². The van der Waals surface area contributed by atoms with E-state index < -0.39 is 0 Å². The molecule has 0 saturated heterocycles. The summed E-state index contributed by atoms with van der Waals surface area (Å²) in [5, 5.41) is 7.87. The number of rotatable bonds is 8. The van der Waals surface area contributed by atoms with Crippen LogP contribution in [0, 0.1) is 0 Å². The minimum atomic E-state index is 0.458. The highest BCUT2D eigenvalue weighted by Gasteiger charge is 2.08. The van der Waals surface area contributed by atoms with Crippen molar-refractivity contribution >= 4 is 11.3 Å². The van der Waals surface area contributed by atoms with E-state index in [9.17, 15) is 0 Å². The van der Waals surface area contributed by atoms with E-state index in [0.717, 1.165) is 26.2 Å². The van der Waals surface area contributed by atoms with Crippen LogP contribution in [0.3, 0.4) is 0 Å². The summed E-state index contributed by atoms with van der Waals surface area (Å²) in [6.45, 7) is 6.92. The Morgan fingerprint density at radius 3 is 2.93 bits per heavy atom. The number of hydrogen-bond donors (Lipinski definition) is 1. The zero-order chi connectivity index (χ0) is 10.9. The Morgan fingerprint density at radius 2 is 2.33 bits per heavy atom. The fourth-order valence-corrected chi connectivity index (χ4v) is 2.17. The van der Waals surface area contributed by atoms with Gasteiger partial charge in [0.1, 0.15) is 0 Å². The average molecular weight is 227 g/mol. The fraction of sp³-hybridized carbons (Fsp3) is 0.667. The maximum Gasteiger partial charge on any atom is 0.0622 e. The van der Waals surface area contributed by atoms with Crippen LogP contribution < -0.4 is 5.32 Å². The zero-order valence-electron chi connectivity index (χ0n) is 9.66. The fourth-order valence-electron chi connectivity index (χ4n) is 1.49. The number of nitrogens with one attached hydrogen (secondary N) is 1. The van der Waals surface area contributed by atoms with Gasteiger partial charge in [-0.2, -0.15) is 11.3 Å². The van der Waals surface area contributed by atoms with E-state index >= 15 is 0 Å². The molecular weight excluding hydrogens is 206 g/mol. The van der Waals surface area contributed by atoms with E-state index in [-0.39, 0.29) is 0 Å². The molecule has 1 aromatic heterocycles.